The van der Waals surface area contributed by atoms with Gasteiger partial charge in [-0.3, -0.25) is 0 Å². The van der Waals surface area contributed by atoms with E-state index in [1.165, 1.54) is 0 Å². The number of nitrogens with one attached hydrogen (secondary N) is 1. The molecule has 1 aliphatic rings. The molecule has 4 heteroatoms. The lowest BCUT2D eigenvalue weighted by Gasteiger charge is -2.22. The topological polar surface area (TPSA) is 52.0 Å². The standard InChI is InChI=1S/C15H16N4/c16-11-13-4-1-3-12-5-7-18-15(14(12)13)19-9-2-6-17-8-10-19/h1,3-5,7,17H,2,6,8-10H2. The van der Waals surface area contributed by atoms with Gasteiger partial charge in [0.15, 0.2) is 0 Å². The summed E-state index contributed by atoms with van der Waals surface area (Å²) in [5.41, 5.74) is 0.706. The Morgan fingerprint density at radius 1 is 1.21 bits per heavy atom. The Kier molecular flexibility index (Phi) is 3.30. The number of hydrogen-bond acceptors (Lipinski definition) is 4. The van der Waals surface area contributed by atoms with Gasteiger partial charge in [0.2, 0.25) is 0 Å². The normalized spacial score (nSPS) is 16.1. The molecule has 0 radical (unpaired) electrons. The first-order valence-corrected chi connectivity index (χ1v) is 6.63. The zero-order chi connectivity index (χ0) is 13.1. The second-order valence-corrected chi connectivity index (χ2v) is 4.74. The van der Waals surface area contributed by atoms with Crippen LogP contribution in [0.3, 0.4) is 0 Å². The fraction of sp³-hybridized carbons (Fsp3) is 0.333. The molecular formula is C15H16N4. The van der Waals surface area contributed by atoms with E-state index in [-0.39, 0.29) is 0 Å². The number of nitriles is 1. The lowest BCUT2D eigenvalue weighted by molar-refractivity contribution is 0.724. The molecule has 0 bridgehead atoms. The number of anilines is 1. The van der Waals surface area contributed by atoms with Crippen molar-refractivity contribution in [3.8, 4) is 6.07 Å². The van der Waals surface area contributed by atoms with Crippen molar-refractivity contribution in [3.63, 3.8) is 0 Å². The second kappa shape index (κ2) is 5.25. The molecule has 1 aromatic carbocycles. The summed E-state index contributed by atoms with van der Waals surface area (Å²) in [7, 11) is 0. The summed E-state index contributed by atoms with van der Waals surface area (Å²) in [5, 5.41) is 14.8. The van der Waals surface area contributed by atoms with Crippen molar-refractivity contribution in [1.29, 1.82) is 5.26 Å². The molecule has 0 atom stereocenters. The van der Waals surface area contributed by atoms with Gasteiger partial charge in [-0.1, -0.05) is 12.1 Å². The van der Waals surface area contributed by atoms with Gasteiger partial charge < -0.3 is 10.2 Å². The average molecular weight is 252 g/mol. The van der Waals surface area contributed by atoms with Gasteiger partial charge in [-0.2, -0.15) is 5.26 Å². The van der Waals surface area contributed by atoms with E-state index in [0.29, 0.717) is 5.56 Å². The van der Waals surface area contributed by atoms with Crippen molar-refractivity contribution in [1.82, 2.24) is 10.3 Å². The molecule has 1 saturated heterocycles. The summed E-state index contributed by atoms with van der Waals surface area (Å²) in [4.78, 5) is 6.81. The van der Waals surface area contributed by atoms with Gasteiger partial charge >= 0.3 is 0 Å². The third kappa shape index (κ3) is 2.25. The number of benzene rings is 1. The molecule has 0 amide bonds. The van der Waals surface area contributed by atoms with E-state index in [4.69, 9.17) is 0 Å². The Morgan fingerprint density at radius 3 is 3.05 bits per heavy atom. The first-order chi connectivity index (χ1) is 9.40. The fourth-order valence-electron chi connectivity index (χ4n) is 2.60. The molecule has 0 unspecified atom stereocenters. The largest absolute Gasteiger partial charge is 0.355 e. The average Bonchev–Trinajstić information content (AvgIpc) is 2.75. The van der Waals surface area contributed by atoms with Crippen LogP contribution in [0.1, 0.15) is 12.0 Å². The summed E-state index contributed by atoms with van der Waals surface area (Å²) in [5.74, 6) is 0.943. The van der Waals surface area contributed by atoms with Gasteiger partial charge in [0, 0.05) is 31.2 Å². The highest BCUT2D eigenvalue weighted by molar-refractivity contribution is 5.96. The van der Waals surface area contributed by atoms with Crippen LogP contribution in [0.5, 0.6) is 0 Å². The van der Waals surface area contributed by atoms with Crippen molar-refractivity contribution in [2.24, 2.45) is 0 Å². The number of pyridine rings is 1. The molecule has 1 aliphatic heterocycles. The van der Waals surface area contributed by atoms with Crippen LogP contribution in [0.25, 0.3) is 10.8 Å². The molecule has 2 aromatic rings. The molecule has 1 N–H and O–H groups in total. The maximum Gasteiger partial charge on any atom is 0.137 e. The fourth-order valence-corrected chi connectivity index (χ4v) is 2.60. The SMILES string of the molecule is N#Cc1cccc2ccnc(N3CCCNCC3)c12. The van der Waals surface area contributed by atoms with E-state index in [9.17, 15) is 5.26 Å². The highest BCUT2D eigenvalue weighted by Crippen LogP contribution is 2.27. The minimum absolute atomic E-state index is 0.706. The van der Waals surface area contributed by atoms with E-state index in [0.717, 1.165) is 49.2 Å². The first kappa shape index (κ1) is 11.9. The van der Waals surface area contributed by atoms with Crippen LogP contribution in [0.4, 0.5) is 5.82 Å². The molecule has 3 rings (SSSR count). The van der Waals surface area contributed by atoms with E-state index >= 15 is 0 Å². The van der Waals surface area contributed by atoms with Gasteiger partial charge in [-0.05, 0) is 30.5 Å². The molecule has 96 valence electrons. The summed E-state index contributed by atoms with van der Waals surface area (Å²) in [6.45, 7) is 3.93. The predicted molar refractivity (Wildman–Crippen MR) is 76.2 cm³/mol. The predicted octanol–water partition coefficient (Wildman–Crippen LogP) is 1.91. The van der Waals surface area contributed by atoms with Crippen molar-refractivity contribution in [3.05, 3.63) is 36.0 Å². The number of nitrogens with zero attached hydrogens (tertiary/aromatic N) is 3. The van der Waals surface area contributed by atoms with Crippen molar-refractivity contribution >= 4 is 16.6 Å². The lowest BCUT2D eigenvalue weighted by Crippen LogP contribution is -2.28. The van der Waals surface area contributed by atoms with Gasteiger partial charge in [0.05, 0.1) is 11.6 Å². The number of fused-ring (bicyclic) bond motifs is 1. The summed E-state index contributed by atoms with van der Waals surface area (Å²) < 4.78 is 0. The number of aromatic nitrogens is 1. The molecule has 2 heterocycles. The first-order valence-electron chi connectivity index (χ1n) is 6.63. The highest BCUT2D eigenvalue weighted by Gasteiger charge is 2.15. The third-order valence-electron chi connectivity index (χ3n) is 3.53. The summed E-state index contributed by atoms with van der Waals surface area (Å²) in [6, 6.07) is 10.1. The van der Waals surface area contributed by atoms with Crippen LogP contribution in [0.2, 0.25) is 0 Å². The van der Waals surface area contributed by atoms with Crippen LogP contribution in [-0.4, -0.2) is 31.2 Å². The van der Waals surface area contributed by atoms with Gasteiger partial charge in [-0.15, -0.1) is 0 Å². The molecule has 0 saturated carbocycles. The number of rotatable bonds is 1. The summed E-state index contributed by atoms with van der Waals surface area (Å²) >= 11 is 0. The molecule has 4 nitrogen and oxygen atoms in total. The lowest BCUT2D eigenvalue weighted by atomic mass is 10.1. The second-order valence-electron chi connectivity index (χ2n) is 4.74. The van der Waals surface area contributed by atoms with Crippen molar-refractivity contribution < 1.29 is 0 Å². The third-order valence-corrected chi connectivity index (χ3v) is 3.53. The van der Waals surface area contributed by atoms with Crippen LogP contribution in [-0.2, 0) is 0 Å². The van der Waals surface area contributed by atoms with E-state index in [1.807, 2.05) is 30.5 Å². The van der Waals surface area contributed by atoms with Crippen LogP contribution in [0, 0.1) is 11.3 Å². The molecular weight excluding hydrogens is 236 g/mol. The Labute approximate surface area is 112 Å². The monoisotopic (exact) mass is 252 g/mol. The zero-order valence-electron chi connectivity index (χ0n) is 10.8. The quantitative estimate of drug-likeness (QED) is 0.842. The Balaban J connectivity index is 2.14. The van der Waals surface area contributed by atoms with Crippen LogP contribution in [0.15, 0.2) is 30.5 Å². The minimum Gasteiger partial charge on any atom is -0.355 e. The van der Waals surface area contributed by atoms with E-state index in [2.05, 4.69) is 21.3 Å². The summed E-state index contributed by atoms with van der Waals surface area (Å²) in [6.07, 6.45) is 2.93. The maximum atomic E-state index is 9.31. The molecule has 1 aromatic heterocycles. The Bertz CT molecular complexity index is 616. The van der Waals surface area contributed by atoms with Gasteiger partial charge in [0.25, 0.3) is 0 Å². The van der Waals surface area contributed by atoms with Crippen molar-refractivity contribution in [2.75, 3.05) is 31.1 Å². The minimum atomic E-state index is 0.706. The van der Waals surface area contributed by atoms with Crippen molar-refractivity contribution in [2.45, 2.75) is 6.42 Å². The van der Waals surface area contributed by atoms with Crippen LogP contribution < -0.4 is 10.2 Å². The zero-order valence-corrected chi connectivity index (χ0v) is 10.8. The van der Waals surface area contributed by atoms with Crippen LogP contribution >= 0.6 is 0 Å². The highest BCUT2D eigenvalue weighted by atomic mass is 15.2. The van der Waals surface area contributed by atoms with Gasteiger partial charge in [-0.25, -0.2) is 4.98 Å². The van der Waals surface area contributed by atoms with E-state index in [1.54, 1.807) is 0 Å². The van der Waals surface area contributed by atoms with E-state index < -0.39 is 0 Å². The van der Waals surface area contributed by atoms with Gasteiger partial charge in [0.1, 0.15) is 5.82 Å². The molecule has 0 aliphatic carbocycles. The Morgan fingerprint density at radius 2 is 2.16 bits per heavy atom. The molecule has 19 heavy (non-hydrogen) atoms. The number of hydrogen-bond donors (Lipinski definition) is 1. The molecule has 0 spiro atoms. The maximum absolute atomic E-state index is 9.31. The molecule has 1 fully saturated rings. The Hall–Kier alpha value is -2.12. The smallest absolute Gasteiger partial charge is 0.137 e.